The minimum absolute atomic E-state index is 0.596. The molecule has 98 valence electrons. The molecule has 0 saturated carbocycles. The van der Waals surface area contributed by atoms with Crippen molar-refractivity contribution >= 4 is 23.2 Å². The first-order valence-electron chi connectivity index (χ1n) is 6.36. The predicted octanol–water partition coefficient (Wildman–Crippen LogP) is 6.33. The van der Waals surface area contributed by atoms with Gasteiger partial charge in [-0.05, 0) is 11.1 Å². The second-order valence-electron chi connectivity index (χ2n) is 4.52. The van der Waals surface area contributed by atoms with Crippen molar-refractivity contribution in [2.45, 2.75) is 0 Å². The zero-order valence-electron chi connectivity index (χ0n) is 10.7. The van der Waals surface area contributed by atoms with E-state index in [9.17, 15) is 0 Å². The van der Waals surface area contributed by atoms with Gasteiger partial charge in [-0.25, -0.2) is 0 Å². The van der Waals surface area contributed by atoms with Gasteiger partial charge in [-0.2, -0.15) is 0 Å². The molecule has 3 rings (SSSR count). The molecule has 0 bridgehead atoms. The van der Waals surface area contributed by atoms with E-state index in [1.165, 1.54) is 0 Å². The molecule has 0 N–H and O–H groups in total. The van der Waals surface area contributed by atoms with E-state index in [1.54, 1.807) is 0 Å². The first-order chi connectivity index (χ1) is 9.77. The Balaban J connectivity index is 2.13. The maximum atomic E-state index is 6.45. The third-order valence-corrected chi connectivity index (χ3v) is 4.13. The Bertz CT molecular complexity index is 655. The van der Waals surface area contributed by atoms with Crippen LogP contribution in [0.5, 0.6) is 0 Å². The number of benzene rings is 3. The second kappa shape index (κ2) is 5.70. The molecule has 0 atom stereocenters. The first kappa shape index (κ1) is 13.2. The van der Waals surface area contributed by atoms with Gasteiger partial charge in [-0.15, -0.1) is 0 Å². The molecule has 0 fully saturated rings. The maximum absolute atomic E-state index is 6.45. The van der Waals surface area contributed by atoms with Gasteiger partial charge in [-0.1, -0.05) is 96.0 Å². The van der Waals surface area contributed by atoms with Crippen molar-refractivity contribution in [1.82, 2.24) is 0 Å². The summed E-state index contributed by atoms with van der Waals surface area (Å²) >= 11 is 12.9. The highest BCUT2D eigenvalue weighted by Gasteiger charge is 2.12. The molecule has 3 aromatic carbocycles. The van der Waals surface area contributed by atoms with Crippen molar-refractivity contribution in [2.24, 2.45) is 0 Å². The summed E-state index contributed by atoms with van der Waals surface area (Å²) in [4.78, 5) is 0. The van der Waals surface area contributed by atoms with E-state index in [1.807, 2.05) is 72.8 Å². The van der Waals surface area contributed by atoms with Crippen LogP contribution in [-0.4, -0.2) is 0 Å². The smallest absolute Gasteiger partial charge is 0.0676 e. The largest absolute Gasteiger partial charge is 0.0820 e. The van der Waals surface area contributed by atoms with Gasteiger partial charge in [-0.3, -0.25) is 0 Å². The van der Waals surface area contributed by atoms with Crippen LogP contribution in [0.1, 0.15) is 0 Å². The number of rotatable bonds is 2. The summed E-state index contributed by atoms with van der Waals surface area (Å²) in [6.45, 7) is 0. The molecule has 0 radical (unpaired) electrons. The molecule has 0 spiro atoms. The normalized spacial score (nSPS) is 10.5. The van der Waals surface area contributed by atoms with Gasteiger partial charge in [0.25, 0.3) is 0 Å². The van der Waals surface area contributed by atoms with Crippen LogP contribution in [0.2, 0.25) is 10.0 Å². The van der Waals surface area contributed by atoms with Crippen molar-refractivity contribution < 1.29 is 0 Å². The van der Waals surface area contributed by atoms with Crippen molar-refractivity contribution in [3.63, 3.8) is 0 Å². The number of hydrogen-bond acceptors (Lipinski definition) is 0. The SMILES string of the molecule is Clc1c(-c2ccccc2)ccc(-c2ccccc2)c1Cl. The van der Waals surface area contributed by atoms with Crippen LogP contribution in [-0.2, 0) is 0 Å². The lowest BCUT2D eigenvalue weighted by Crippen LogP contribution is -1.85. The van der Waals surface area contributed by atoms with Gasteiger partial charge in [0, 0.05) is 11.1 Å². The van der Waals surface area contributed by atoms with Crippen LogP contribution in [0.4, 0.5) is 0 Å². The third-order valence-electron chi connectivity index (χ3n) is 3.25. The number of halogens is 2. The summed E-state index contributed by atoms with van der Waals surface area (Å²) < 4.78 is 0. The Morgan fingerprint density at radius 3 is 1.15 bits per heavy atom. The molecular formula is C18H12Cl2. The molecule has 0 aliphatic rings. The summed E-state index contributed by atoms with van der Waals surface area (Å²) in [6, 6.07) is 24.1. The zero-order chi connectivity index (χ0) is 13.9. The third kappa shape index (κ3) is 2.45. The van der Waals surface area contributed by atoms with Gasteiger partial charge in [0.15, 0.2) is 0 Å². The van der Waals surface area contributed by atoms with Gasteiger partial charge in [0.2, 0.25) is 0 Å². The van der Waals surface area contributed by atoms with Gasteiger partial charge >= 0.3 is 0 Å². The Morgan fingerprint density at radius 1 is 0.450 bits per heavy atom. The Kier molecular flexibility index (Phi) is 3.77. The van der Waals surface area contributed by atoms with Crippen LogP contribution >= 0.6 is 23.2 Å². The van der Waals surface area contributed by atoms with E-state index in [2.05, 4.69) is 0 Å². The molecule has 2 heteroatoms. The molecule has 0 aromatic heterocycles. The Morgan fingerprint density at radius 2 is 0.800 bits per heavy atom. The van der Waals surface area contributed by atoms with Crippen LogP contribution in [0.15, 0.2) is 72.8 Å². The van der Waals surface area contributed by atoms with E-state index >= 15 is 0 Å². The number of hydrogen-bond donors (Lipinski definition) is 0. The summed E-state index contributed by atoms with van der Waals surface area (Å²) in [6.07, 6.45) is 0. The van der Waals surface area contributed by atoms with E-state index < -0.39 is 0 Å². The summed E-state index contributed by atoms with van der Waals surface area (Å²) in [7, 11) is 0. The summed E-state index contributed by atoms with van der Waals surface area (Å²) in [5.41, 5.74) is 4.05. The molecule has 0 saturated heterocycles. The Hall–Kier alpha value is -1.76. The molecule has 0 heterocycles. The highest BCUT2D eigenvalue weighted by molar-refractivity contribution is 6.45. The molecule has 20 heavy (non-hydrogen) atoms. The standard InChI is InChI=1S/C18H12Cl2/c19-17-15(13-7-3-1-4-8-13)11-12-16(18(17)20)14-9-5-2-6-10-14/h1-12H. The zero-order valence-corrected chi connectivity index (χ0v) is 12.2. The van der Waals surface area contributed by atoms with Crippen molar-refractivity contribution in [3.05, 3.63) is 82.8 Å². The van der Waals surface area contributed by atoms with Gasteiger partial charge < -0.3 is 0 Å². The average molecular weight is 299 g/mol. The molecular weight excluding hydrogens is 287 g/mol. The van der Waals surface area contributed by atoms with Crippen LogP contribution in [0.25, 0.3) is 22.3 Å². The quantitative estimate of drug-likeness (QED) is 0.519. The lowest BCUT2D eigenvalue weighted by molar-refractivity contribution is 1.59. The average Bonchev–Trinajstić information content (AvgIpc) is 2.52. The van der Waals surface area contributed by atoms with Crippen molar-refractivity contribution in [3.8, 4) is 22.3 Å². The highest BCUT2D eigenvalue weighted by Crippen LogP contribution is 2.39. The Labute approximate surface area is 128 Å². The van der Waals surface area contributed by atoms with Gasteiger partial charge in [0.05, 0.1) is 10.0 Å². The van der Waals surface area contributed by atoms with E-state index in [4.69, 9.17) is 23.2 Å². The fourth-order valence-electron chi connectivity index (χ4n) is 2.23. The maximum Gasteiger partial charge on any atom is 0.0676 e. The molecule has 0 aliphatic carbocycles. The lowest BCUT2D eigenvalue weighted by Gasteiger charge is -2.11. The second-order valence-corrected chi connectivity index (χ2v) is 5.28. The van der Waals surface area contributed by atoms with Crippen LogP contribution < -0.4 is 0 Å². The van der Waals surface area contributed by atoms with E-state index in [0.717, 1.165) is 22.3 Å². The molecule has 3 aromatic rings. The molecule has 0 unspecified atom stereocenters. The predicted molar refractivity (Wildman–Crippen MR) is 87.3 cm³/mol. The fourth-order valence-corrected chi connectivity index (χ4v) is 2.78. The van der Waals surface area contributed by atoms with Crippen LogP contribution in [0.3, 0.4) is 0 Å². The lowest BCUT2D eigenvalue weighted by atomic mass is 10.00. The minimum atomic E-state index is 0.596. The summed E-state index contributed by atoms with van der Waals surface area (Å²) in [5, 5.41) is 1.19. The minimum Gasteiger partial charge on any atom is -0.0820 e. The molecule has 0 aliphatic heterocycles. The van der Waals surface area contributed by atoms with E-state index in [0.29, 0.717) is 10.0 Å². The van der Waals surface area contributed by atoms with Gasteiger partial charge in [0.1, 0.15) is 0 Å². The van der Waals surface area contributed by atoms with E-state index in [-0.39, 0.29) is 0 Å². The molecule has 0 amide bonds. The van der Waals surface area contributed by atoms with Crippen molar-refractivity contribution in [1.29, 1.82) is 0 Å². The summed E-state index contributed by atoms with van der Waals surface area (Å²) in [5.74, 6) is 0. The molecule has 0 nitrogen and oxygen atoms in total. The van der Waals surface area contributed by atoms with Crippen molar-refractivity contribution in [2.75, 3.05) is 0 Å². The monoisotopic (exact) mass is 298 g/mol. The first-order valence-corrected chi connectivity index (χ1v) is 7.12. The topological polar surface area (TPSA) is 0 Å². The fraction of sp³-hybridized carbons (Fsp3) is 0. The highest BCUT2D eigenvalue weighted by atomic mass is 35.5. The van der Waals surface area contributed by atoms with Crippen LogP contribution in [0, 0.1) is 0 Å².